The van der Waals surface area contributed by atoms with Gasteiger partial charge in [-0.3, -0.25) is 10.1 Å². The maximum atomic E-state index is 13.2. The maximum absolute atomic E-state index is 13.2. The SMILES string of the molecule is CC(C)S(=O)(=O)c1cccc(-c2nnc(NC(=O)C(c3ccccc3)c3ccccc3)o2)c1. The molecule has 0 radical (unpaired) electrons. The lowest BCUT2D eigenvalue weighted by molar-refractivity contribution is -0.116. The average molecular weight is 462 g/mol. The highest BCUT2D eigenvalue weighted by molar-refractivity contribution is 7.92. The molecular formula is C25H23N3O4S. The number of carbonyl (C=O) groups excluding carboxylic acids is 1. The van der Waals surface area contributed by atoms with Crippen LogP contribution in [0.1, 0.15) is 30.9 Å². The third-order valence-electron chi connectivity index (χ3n) is 5.21. The van der Waals surface area contributed by atoms with E-state index in [0.29, 0.717) is 5.56 Å². The van der Waals surface area contributed by atoms with Gasteiger partial charge in [-0.25, -0.2) is 8.42 Å². The van der Waals surface area contributed by atoms with Crippen LogP contribution in [0.25, 0.3) is 11.5 Å². The van der Waals surface area contributed by atoms with Crippen molar-refractivity contribution in [2.24, 2.45) is 0 Å². The second-order valence-electron chi connectivity index (χ2n) is 7.78. The minimum absolute atomic E-state index is 0.0658. The summed E-state index contributed by atoms with van der Waals surface area (Å²) >= 11 is 0. The molecule has 1 amide bonds. The van der Waals surface area contributed by atoms with Gasteiger partial charge in [0.1, 0.15) is 0 Å². The van der Waals surface area contributed by atoms with E-state index < -0.39 is 21.0 Å². The summed E-state index contributed by atoms with van der Waals surface area (Å²) in [5.41, 5.74) is 2.10. The molecule has 168 valence electrons. The molecule has 0 saturated carbocycles. The molecule has 1 heterocycles. The normalized spacial score (nSPS) is 11.6. The highest BCUT2D eigenvalue weighted by Crippen LogP contribution is 2.28. The largest absolute Gasteiger partial charge is 0.403 e. The Morgan fingerprint density at radius 1 is 0.848 bits per heavy atom. The van der Waals surface area contributed by atoms with Gasteiger partial charge in [0.15, 0.2) is 9.84 Å². The molecule has 0 bridgehead atoms. The van der Waals surface area contributed by atoms with Crippen molar-refractivity contribution in [3.63, 3.8) is 0 Å². The van der Waals surface area contributed by atoms with E-state index in [1.165, 1.54) is 12.1 Å². The predicted molar refractivity (Wildman–Crippen MR) is 125 cm³/mol. The van der Waals surface area contributed by atoms with E-state index in [0.717, 1.165) is 11.1 Å². The second kappa shape index (κ2) is 9.38. The second-order valence-corrected chi connectivity index (χ2v) is 10.3. The summed E-state index contributed by atoms with van der Waals surface area (Å²) in [5, 5.41) is 10.1. The summed E-state index contributed by atoms with van der Waals surface area (Å²) in [4.78, 5) is 13.4. The van der Waals surface area contributed by atoms with Crippen molar-refractivity contribution in [3.8, 4) is 11.5 Å². The molecule has 0 aliphatic carbocycles. The molecule has 0 unspecified atom stereocenters. The van der Waals surface area contributed by atoms with Gasteiger partial charge < -0.3 is 4.42 Å². The first-order chi connectivity index (χ1) is 15.9. The monoisotopic (exact) mass is 461 g/mol. The van der Waals surface area contributed by atoms with Crippen molar-refractivity contribution in [1.82, 2.24) is 10.2 Å². The number of nitrogens with one attached hydrogen (secondary N) is 1. The molecular weight excluding hydrogens is 438 g/mol. The molecule has 3 aromatic carbocycles. The van der Waals surface area contributed by atoms with Gasteiger partial charge in [-0.1, -0.05) is 71.8 Å². The van der Waals surface area contributed by atoms with Gasteiger partial charge in [0.05, 0.1) is 16.1 Å². The summed E-state index contributed by atoms with van der Waals surface area (Å²) < 4.78 is 30.6. The topological polar surface area (TPSA) is 102 Å². The van der Waals surface area contributed by atoms with Crippen LogP contribution in [0.5, 0.6) is 0 Å². The molecule has 4 aromatic rings. The standard InChI is InChI=1S/C25H23N3O4S/c1-17(2)33(30,31)21-15-9-14-20(16-21)24-27-28-25(32-24)26-23(29)22(18-10-5-3-6-11-18)19-12-7-4-8-13-19/h3-17,22H,1-2H3,(H,26,28,29). The van der Waals surface area contributed by atoms with Crippen LogP contribution in [-0.4, -0.2) is 29.8 Å². The number of carbonyl (C=O) groups is 1. The van der Waals surface area contributed by atoms with Gasteiger partial charge >= 0.3 is 6.01 Å². The van der Waals surface area contributed by atoms with Crippen LogP contribution < -0.4 is 5.32 Å². The van der Waals surface area contributed by atoms with E-state index in [-0.39, 0.29) is 22.7 Å². The van der Waals surface area contributed by atoms with Gasteiger partial charge in [0.2, 0.25) is 11.8 Å². The average Bonchev–Trinajstić information content (AvgIpc) is 3.29. The Hall–Kier alpha value is -3.78. The van der Waals surface area contributed by atoms with Crippen LogP contribution in [0.4, 0.5) is 6.01 Å². The van der Waals surface area contributed by atoms with Gasteiger partial charge in [-0.2, -0.15) is 0 Å². The zero-order chi connectivity index (χ0) is 23.4. The number of hydrogen-bond acceptors (Lipinski definition) is 6. The zero-order valence-corrected chi connectivity index (χ0v) is 19.0. The van der Waals surface area contributed by atoms with E-state index in [9.17, 15) is 13.2 Å². The van der Waals surface area contributed by atoms with Gasteiger partial charge in [0.25, 0.3) is 0 Å². The lowest BCUT2D eigenvalue weighted by Gasteiger charge is -2.16. The highest BCUT2D eigenvalue weighted by Gasteiger charge is 2.25. The zero-order valence-electron chi connectivity index (χ0n) is 18.2. The third kappa shape index (κ3) is 4.85. The first-order valence-corrected chi connectivity index (χ1v) is 12.0. The molecule has 0 fully saturated rings. The number of nitrogens with zero attached hydrogens (tertiary/aromatic N) is 2. The van der Waals surface area contributed by atoms with E-state index in [1.54, 1.807) is 26.0 Å². The lowest BCUT2D eigenvalue weighted by atomic mass is 9.90. The Morgan fingerprint density at radius 2 is 1.45 bits per heavy atom. The van der Waals surface area contributed by atoms with E-state index >= 15 is 0 Å². The van der Waals surface area contributed by atoms with E-state index in [1.807, 2.05) is 60.7 Å². The molecule has 0 spiro atoms. The number of hydrogen-bond donors (Lipinski definition) is 1. The first-order valence-electron chi connectivity index (χ1n) is 10.4. The summed E-state index contributed by atoms with van der Waals surface area (Å²) in [7, 11) is -3.45. The number of anilines is 1. The van der Waals surface area contributed by atoms with Crippen molar-refractivity contribution in [1.29, 1.82) is 0 Å². The minimum Gasteiger partial charge on any atom is -0.403 e. The molecule has 1 aromatic heterocycles. The molecule has 8 heteroatoms. The number of aromatic nitrogens is 2. The van der Waals surface area contributed by atoms with Crippen molar-refractivity contribution in [2.45, 2.75) is 29.9 Å². The molecule has 0 aliphatic rings. The van der Waals surface area contributed by atoms with Crippen molar-refractivity contribution in [3.05, 3.63) is 96.1 Å². The van der Waals surface area contributed by atoms with Crippen LogP contribution in [0.15, 0.2) is 94.2 Å². The maximum Gasteiger partial charge on any atom is 0.322 e. The number of sulfone groups is 1. The van der Waals surface area contributed by atoms with Crippen LogP contribution in [0.3, 0.4) is 0 Å². The molecule has 0 saturated heterocycles. The minimum atomic E-state index is -3.45. The van der Waals surface area contributed by atoms with Crippen molar-refractivity contribution < 1.29 is 17.6 Å². The molecule has 4 rings (SSSR count). The van der Waals surface area contributed by atoms with E-state index in [2.05, 4.69) is 15.5 Å². The van der Waals surface area contributed by atoms with Gasteiger partial charge in [0, 0.05) is 5.56 Å². The van der Waals surface area contributed by atoms with Crippen LogP contribution >= 0.6 is 0 Å². The van der Waals surface area contributed by atoms with Gasteiger partial charge in [-0.15, -0.1) is 5.10 Å². The van der Waals surface area contributed by atoms with Crippen LogP contribution in [0, 0.1) is 0 Å². The summed E-state index contributed by atoms with van der Waals surface area (Å²) in [6, 6.07) is 25.1. The Morgan fingerprint density at radius 3 is 2.03 bits per heavy atom. The third-order valence-corrected chi connectivity index (χ3v) is 7.37. The summed E-state index contributed by atoms with van der Waals surface area (Å²) in [5.74, 6) is -0.775. The quantitative estimate of drug-likeness (QED) is 0.428. The molecule has 0 atom stereocenters. The molecule has 7 nitrogen and oxygen atoms in total. The Balaban J connectivity index is 1.60. The smallest absolute Gasteiger partial charge is 0.322 e. The van der Waals surface area contributed by atoms with E-state index in [4.69, 9.17) is 4.42 Å². The van der Waals surface area contributed by atoms with Crippen LogP contribution in [-0.2, 0) is 14.6 Å². The van der Waals surface area contributed by atoms with Gasteiger partial charge in [-0.05, 0) is 43.2 Å². The van der Waals surface area contributed by atoms with Crippen molar-refractivity contribution in [2.75, 3.05) is 5.32 Å². The molecule has 33 heavy (non-hydrogen) atoms. The van der Waals surface area contributed by atoms with Crippen molar-refractivity contribution >= 4 is 21.8 Å². The fourth-order valence-corrected chi connectivity index (χ4v) is 4.54. The predicted octanol–water partition coefficient (Wildman–Crippen LogP) is 4.69. The fraction of sp³-hybridized carbons (Fsp3) is 0.160. The summed E-state index contributed by atoms with van der Waals surface area (Å²) in [6.07, 6.45) is 0. The Labute approximate surface area is 192 Å². The molecule has 0 aliphatic heterocycles. The first kappa shape index (κ1) is 22.4. The summed E-state index contributed by atoms with van der Waals surface area (Å²) in [6.45, 7) is 3.25. The Bertz CT molecular complexity index is 1310. The number of benzene rings is 3. The molecule has 1 N–H and O–H groups in total. The van der Waals surface area contributed by atoms with Crippen LogP contribution in [0.2, 0.25) is 0 Å². The number of rotatable bonds is 7. The highest BCUT2D eigenvalue weighted by atomic mass is 32.2. The fourth-order valence-electron chi connectivity index (χ4n) is 3.43. The lowest BCUT2D eigenvalue weighted by Crippen LogP contribution is -2.22. The Kier molecular flexibility index (Phi) is 6.37. The number of amides is 1.